The Labute approximate surface area is 343 Å². The smallest absolute Gasteiger partial charge is 0.261 e. The van der Waals surface area contributed by atoms with Gasteiger partial charge in [0, 0.05) is 44.2 Å². The highest BCUT2D eigenvalue weighted by Crippen LogP contribution is 2.43. The first-order chi connectivity index (χ1) is 27.3. The molecule has 3 aromatic carbocycles. The fourth-order valence-corrected chi connectivity index (χ4v) is 8.59. The summed E-state index contributed by atoms with van der Waals surface area (Å²) in [5.41, 5.74) is 5.16. The average Bonchev–Trinajstić information content (AvgIpc) is 3.58. The molecule has 1 atom stereocenters. The number of amides is 1. The first-order valence-corrected chi connectivity index (χ1v) is 22.0. The Morgan fingerprint density at radius 2 is 1.74 bits per heavy atom. The minimum Gasteiger partial charge on any atom is -0.457 e. The molecule has 12 nitrogen and oxygen atoms in total. The van der Waals surface area contributed by atoms with Crippen molar-refractivity contribution >= 4 is 38.2 Å². The van der Waals surface area contributed by atoms with E-state index in [0.717, 1.165) is 67.1 Å². The first-order valence-electron chi connectivity index (χ1n) is 20.3. The van der Waals surface area contributed by atoms with Crippen LogP contribution in [-0.2, 0) is 38.3 Å². The molecule has 3 heterocycles. The first kappa shape index (κ1) is 44.7. The number of sulfonamides is 1. The number of aryl methyl sites for hydroxylation is 1. The van der Waals surface area contributed by atoms with Gasteiger partial charge >= 0.3 is 0 Å². The molecule has 6 rings (SSSR count). The van der Waals surface area contributed by atoms with Gasteiger partial charge in [-0.15, -0.1) is 0 Å². The molecule has 1 aromatic heterocycles. The van der Waals surface area contributed by atoms with E-state index in [9.17, 15) is 22.4 Å². The second-order valence-corrected chi connectivity index (χ2v) is 18.4. The van der Waals surface area contributed by atoms with E-state index in [0.29, 0.717) is 71.9 Å². The summed E-state index contributed by atoms with van der Waals surface area (Å²) in [7, 11) is -3.69. The third-order valence-electron chi connectivity index (χ3n) is 11.1. The van der Waals surface area contributed by atoms with E-state index in [1.54, 1.807) is 34.9 Å². The number of anilines is 2. The van der Waals surface area contributed by atoms with Crippen molar-refractivity contribution in [2.24, 2.45) is 16.5 Å². The molecule has 0 saturated carbocycles. The largest absolute Gasteiger partial charge is 0.457 e. The van der Waals surface area contributed by atoms with Crippen molar-refractivity contribution in [2.75, 3.05) is 49.6 Å². The van der Waals surface area contributed by atoms with E-state index in [1.165, 1.54) is 12.1 Å². The number of aromatic nitrogens is 2. The fraction of sp³-hybridized carbons (Fsp3) is 0.523. The molecule has 2 aliphatic rings. The van der Waals surface area contributed by atoms with Crippen LogP contribution < -0.4 is 25.7 Å². The molecule has 0 bridgehead atoms. The maximum atomic E-state index is 13.3. The predicted octanol–water partition coefficient (Wildman–Crippen LogP) is 7.23. The minimum absolute atomic E-state index is 0.0382. The molecule has 0 unspecified atom stereocenters. The summed E-state index contributed by atoms with van der Waals surface area (Å²) >= 11 is 0. The number of benzene rings is 3. The van der Waals surface area contributed by atoms with Crippen molar-refractivity contribution in [3.05, 3.63) is 86.7 Å². The third-order valence-corrected chi connectivity index (χ3v) is 11.8. The minimum atomic E-state index is -3.69. The van der Waals surface area contributed by atoms with Gasteiger partial charge < -0.3 is 24.6 Å². The van der Waals surface area contributed by atoms with E-state index < -0.39 is 15.4 Å². The molecule has 1 fully saturated rings. The summed E-state index contributed by atoms with van der Waals surface area (Å²) in [4.78, 5) is 35.4. The summed E-state index contributed by atoms with van der Waals surface area (Å²) in [6, 6.07) is 11.6. The Bertz CT molecular complexity index is 2270. The number of fused-ring (bicyclic) bond motifs is 2. The standard InChI is InChI=1S/C24H28FN3O2.C20H33N3O4S/c1-16(2)27-12-4-5-18(14-27)15-28-17(3)26-23-11-10-21(13-22(23)24(28)29)30-20-8-6-19(25)7-9-20;1-7-27-11-10-23-9-8-15-13(2)16(12-28(21,25)26)14(3)17(18(15)23)22-19(24)20(4,5)6/h6-11,13,16,18H,4-5,12,14-15H2,1-3H3;7-12H2,1-6H3,(H,22,24)(H2,21,25,26)/t18-;/m0./s1. The number of ether oxygens (including phenoxy) is 2. The van der Waals surface area contributed by atoms with E-state index in [2.05, 4.69) is 33.9 Å². The van der Waals surface area contributed by atoms with E-state index >= 15 is 0 Å². The normalized spacial score (nSPS) is 16.0. The average molecular weight is 821 g/mol. The lowest BCUT2D eigenvalue weighted by molar-refractivity contribution is -0.123. The van der Waals surface area contributed by atoms with Gasteiger partial charge in [0.05, 0.1) is 34.6 Å². The van der Waals surface area contributed by atoms with Gasteiger partial charge in [-0.25, -0.2) is 22.9 Å². The number of carbonyl (C=O) groups is 1. The predicted molar refractivity (Wildman–Crippen MR) is 230 cm³/mol. The molecule has 0 spiro atoms. The molecule has 4 aromatic rings. The number of halogens is 1. The molecule has 58 heavy (non-hydrogen) atoms. The van der Waals surface area contributed by atoms with Crippen molar-refractivity contribution in [3.8, 4) is 11.5 Å². The molecule has 3 N–H and O–H groups in total. The highest BCUT2D eigenvalue weighted by atomic mass is 32.2. The molecular weight excluding hydrogens is 760 g/mol. The summed E-state index contributed by atoms with van der Waals surface area (Å²) in [6.07, 6.45) is 3.08. The van der Waals surface area contributed by atoms with Gasteiger partial charge in [0.25, 0.3) is 5.56 Å². The van der Waals surface area contributed by atoms with E-state index in [1.807, 2.05) is 48.5 Å². The SMILES string of the molecule is CCOCCN1CCc2c(C)c(CS(N)(=O)=O)c(C)c(NC(=O)C(C)(C)C)c21.Cc1nc2ccc(Oc3ccc(F)cc3)cc2c(=O)n1C[C@H]1CCCN(C(C)C)C1. The Morgan fingerprint density at radius 1 is 1.05 bits per heavy atom. The van der Waals surface area contributed by atoms with Gasteiger partial charge in [-0.1, -0.05) is 20.8 Å². The topological polar surface area (TPSA) is 149 Å². The molecule has 1 saturated heterocycles. The Hall–Kier alpha value is -4.37. The lowest BCUT2D eigenvalue weighted by Crippen LogP contribution is -2.42. The number of likely N-dealkylation sites (tertiary alicyclic amines) is 1. The highest BCUT2D eigenvalue weighted by Gasteiger charge is 2.32. The number of nitrogens with two attached hydrogens (primary N) is 1. The van der Waals surface area contributed by atoms with Crippen LogP contribution in [0.5, 0.6) is 11.5 Å². The maximum Gasteiger partial charge on any atom is 0.261 e. The number of rotatable bonds is 12. The van der Waals surface area contributed by atoms with Crippen molar-refractivity contribution < 1.29 is 27.1 Å². The monoisotopic (exact) mass is 820 g/mol. The number of hydrogen-bond donors (Lipinski definition) is 2. The number of primary sulfonamides is 1. The second kappa shape index (κ2) is 18.7. The molecule has 2 aliphatic heterocycles. The molecule has 0 aliphatic carbocycles. The number of carbonyl (C=O) groups excluding carboxylic acids is 1. The molecular formula is C44H61FN6O6S. The maximum absolute atomic E-state index is 13.3. The van der Waals surface area contributed by atoms with Gasteiger partial charge in [0.15, 0.2) is 0 Å². The highest BCUT2D eigenvalue weighted by molar-refractivity contribution is 7.88. The zero-order valence-electron chi connectivity index (χ0n) is 35.6. The second-order valence-electron chi connectivity index (χ2n) is 16.8. The van der Waals surface area contributed by atoms with Crippen LogP contribution in [0.4, 0.5) is 15.8 Å². The summed E-state index contributed by atoms with van der Waals surface area (Å²) in [6.45, 7) is 23.2. The van der Waals surface area contributed by atoms with Crippen LogP contribution in [0.2, 0.25) is 0 Å². The van der Waals surface area contributed by atoms with Crippen molar-refractivity contribution in [1.29, 1.82) is 0 Å². The van der Waals surface area contributed by atoms with Gasteiger partial charge in [-0.2, -0.15) is 0 Å². The third kappa shape index (κ3) is 11.0. The molecule has 0 radical (unpaired) electrons. The van der Waals surface area contributed by atoms with Crippen LogP contribution in [0.25, 0.3) is 10.9 Å². The quantitative estimate of drug-likeness (QED) is 0.141. The van der Waals surface area contributed by atoms with Crippen molar-refractivity contribution in [1.82, 2.24) is 14.5 Å². The zero-order chi connectivity index (χ0) is 42.5. The van der Waals surface area contributed by atoms with Crippen LogP contribution in [0.3, 0.4) is 0 Å². The molecule has 1 amide bonds. The van der Waals surface area contributed by atoms with Crippen molar-refractivity contribution in [2.45, 2.75) is 99.9 Å². The fourth-order valence-electron chi connectivity index (χ4n) is 7.75. The number of nitrogens with zero attached hydrogens (tertiary/aromatic N) is 4. The van der Waals surface area contributed by atoms with Crippen LogP contribution >= 0.6 is 0 Å². The lowest BCUT2D eigenvalue weighted by atomic mass is 9.92. The summed E-state index contributed by atoms with van der Waals surface area (Å²) in [5.74, 6) is 1.56. The Morgan fingerprint density at radius 3 is 2.38 bits per heavy atom. The van der Waals surface area contributed by atoms with Crippen molar-refractivity contribution in [3.63, 3.8) is 0 Å². The van der Waals surface area contributed by atoms with Crippen LogP contribution in [0, 0.1) is 37.9 Å². The van der Waals surface area contributed by atoms with E-state index in [4.69, 9.17) is 14.6 Å². The van der Waals surface area contributed by atoms with Crippen LogP contribution in [0.15, 0.2) is 47.3 Å². The Balaban J connectivity index is 0.000000222. The number of piperidine rings is 1. The Kier molecular flexibility index (Phi) is 14.4. The van der Waals surface area contributed by atoms with Gasteiger partial charge in [0.1, 0.15) is 23.1 Å². The molecule has 14 heteroatoms. The van der Waals surface area contributed by atoms with Gasteiger partial charge in [0.2, 0.25) is 15.9 Å². The van der Waals surface area contributed by atoms with Crippen LogP contribution in [0.1, 0.15) is 82.5 Å². The molecule has 316 valence electrons. The van der Waals surface area contributed by atoms with Gasteiger partial charge in [-0.05, 0) is 138 Å². The summed E-state index contributed by atoms with van der Waals surface area (Å²) in [5, 5.41) is 8.94. The zero-order valence-corrected chi connectivity index (χ0v) is 36.4. The number of nitrogens with one attached hydrogen (secondary N) is 1. The van der Waals surface area contributed by atoms with Gasteiger partial charge in [-0.3, -0.25) is 14.2 Å². The van der Waals surface area contributed by atoms with E-state index in [-0.39, 0.29) is 23.0 Å². The van der Waals surface area contributed by atoms with Crippen LogP contribution in [-0.4, -0.2) is 74.2 Å². The summed E-state index contributed by atoms with van der Waals surface area (Å²) < 4.78 is 49.8. The lowest BCUT2D eigenvalue weighted by Gasteiger charge is -2.35. The number of hydrogen-bond acceptors (Lipinski definition) is 9.